The average molecular weight is 492 g/mol. The summed E-state index contributed by atoms with van der Waals surface area (Å²) in [6, 6.07) is 9.54. The monoisotopic (exact) mass is 491 g/mol. The molecule has 1 heterocycles. The topological polar surface area (TPSA) is 104 Å². The molecular formula is C18H15Cl2NO5S3. The first-order valence-corrected chi connectivity index (χ1v) is 12.1. The lowest BCUT2D eigenvalue weighted by atomic mass is 10.1. The number of halogens is 2. The maximum atomic E-state index is 12.8. The second-order valence-corrected chi connectivity index (χ2v) is 11.6. The van der Waals surface area contributed by atoms with E-state index in [4.69, 9.17) is 28.3 Å². The van der Waals surface area contributed by atoms with Gasteiger partial charge in [-0.05, 0) is 12.1 Å². The van der Waals surface area contributed by atoms with Crippen LogP contribution in [0.25, 0.3) is 10.8 Å². The summed E-state index contributed by atoms with van der Waals surface area (Å²) in [4.78, 5) is 11.3. The molecule has 0 saturated carbocycles. The highest BCUT2D eigenvalue weighted by molar-refractivity contribution is 8.00. The number of phenols is 1. The molecule has 6 nitrogen and oxygen atoms in total. The predicted octanol–water partition coefficient (Wildman–Crippen LogP) is 5.67. The molecule has 29 heavy (non-hydrogen) atoms. The number of aliphatic carboxylic acids is 1. The summed E-state index contributed by atoms with van der Waals surface area (Å²) in [6.07, 6.45) is -0.107. The Bertz CT molecular complexity index is 1170. The number of thiophene rings is 1. The van der Waals surface area contributed by atoms with Crippen LogP contribution in [-0.2, 0) is 14.8 Å². The highest BCUT2D eigenvalue weighted by Gasteiger charge is 2.22. The molecule has 11 heteroatoms. The van der Waals surface area contributed by atoms with Crippen molar-refractivity contribution >= 4 is 78.8 Å². The Morgan fingerprint density at radius 1 is 1.24 bits per heavy atom. The highest BCUT2D eigenvalue weighted by atomic mass is 35.5. The third-order valence-corrected chi connectivity index (χ3v) is 8.74. The van der Waals surface area contributed by atoms with E-state index in [1.54, 1.807) is 31.2 Å². The molecule has 0 fully saturated rings. The zero-order chi connectivity index (χ0) is 21.3. The van der Waals surface area contributed by atoms with Gasteiger partial charge in [-0.2, -0.15) is 0 Å². The van der Waals surface area contributed by atoms with Crippen LogP contribution in [0.2, 0.25) is 9.36 Å². The Labute approximate surface area is 185 Å². The Hall–Kier alpha value is -1.65. The molecule has 0 aliphatic rings. The molecule has 0 radical (unpaired) electrons. The molecular weight excluding hydrogens is 477 g/mol. The number of rotatable bonds is 7. The van der Waals surface area contributed by atoms with E-state index < -0.39 is 16.0 Å². The first-order valence-electron chi connectivity index (χ1n) is 8.19. The minimum Gasteiger partial charge on any atom is -0.506 e. The molecule has 3 aromatic rings. The smallest absolute Gasteiger partial charge is 0.304 e. The van der Waals surface area contributed by atoms with Crippen LogP contribution >= 0.6 is 46.3 Å². The maximum Gasteiger partial charge on any atom is 0.304 e. The lowest BCUT2D eigenvalue weighted by Gasteiger charge is -2.16. The average Bonchev–Trinajstić information content (AvgIpc) is 2.98. The first kappa shape index (κ1) is 22.0. The molecule has 3 rings (SSSR count). The zero-order valence-corrected chi connectivity index (χ0v) is 18.8. The summed E-state index contributed by atoms with van der Waals surface area (Å²) in [5, 5.41) is 20.4. The van der Waals surface area contributed by atoms with E-state index in [9.17, 15) is 18.3 Å². The number of hydrogen-bond donors (Lipinski definition) is 3. The maximum absolute atomic E-state index is 12.8. The van der Waals surface area contributed by atoms with Crippen LogP contribution in [0, 0.1) is 0 Å². The Balaban J connectivity index is 2.06. The second kappa shape index (κ2) is 8.61. The van der Waals surface area contributed by atoms with Crippen molar-refractivity contribution in [2.24, 2.45) is 0 Å². The van der Waals surface area contributed by atoms with Crippen LogP contribution in [0.15, 0.2) is 45.5 Å². The van der Waals surface area contributed by atoms with Gasteiger partial charge in [0.2, 0.25) is 0 Å². The third-order valence-electron chi connectivity index (χ3n) is 3.90. The Kier molecular flexibility index (Phi) is 6.54. The number of aromatic hydroxyl groups is 1. The summed E-state index contributed by atoms with van der Waals surface area (Å²) in [6.45, 7) is 1.72. The summed E-state index contributed by atoms with van der Waals surface area (Å²) >= 11 is 13.8. The van der Waals surface area contributed by atoms with E-state index in [0.29, 0.717) is 15.7 Å². The van der Waals surface area contributed by atoms with Crippen molar-refractivity contribution < 1.29 is 23.4 Å². The number of benzene rings is 2. The number of carboxylic acids is 1. The van der Waals surface area contributed by atoms with Crippen LogP contribution < -0.4 is 4.72 Å². The summed E-state index contributed by atoms with van der Waals surface area (Å²) in [7, 11) is -3.97. The number of carbonyl (C=O) groups is 1. The Morgan fingerprint density at radius 3 is 2.48 bits per heavy atom. The lowest BCUT2D eigenvalue weighted by molar-refractivity contribution is -0.136. The number of anilines is 1. The van der Waals surface area contributed by atoms with Gasteiger partial charge in [0, 0.05) is 16.0 Å². The lowest BCUT2D eigenvalue weighted by Crippen LogP contribution is -2.12. The molecule has 154 valence electrons. The highest BCUT2D eigenvalue weighted by Crippen LogP contribution is 2.43. The number of phenolic OH excluding ortho intramolecular Hbond substituents is 1. The van der Waals surface area contributed by atoms with E-state index in [1.165, 1.54) is 12.1 Å². The fraction of sp³-hybridized carbons (Fsp3) is 0.167. The molecule has 0 aliphatic carbocycles. The zero-order valence-electron chi connectivity index (χ0n) is 14.8. The number of fused-ring (bicyclic) bond motifs is 1. The minimum atomic E-state index is -3.97. The van der Waals surface area contributed by atoms with E-state index in [1.807, 2.05) is 0 Å². The van der Waals surface area contributed by atoms with Crippen molar-refractivity contribution in [2.75, 3.05) is 4.72 Å². The standard InChI is InChI=1S/C18H15Cl2NO5S3/c1-9(6-15(22)23)27-14-8-13(10-4-2-3-5-11(10)17(14)24)21-29(25,26)16-7-12(19)18(20)28-16/h2-5,7-9,21,24H,6H2,1H3,(H,22,23). The fourth-order valence-electron chi connectivity index (χ4n) is 2.67. The van der Waals surface area contributed by atoms with Crippen LogP contribution in [0.5, 0.6) is 5.75 Å². The van der Waals surface area contributed by atoms with Crippen molar-refractivity contribution in [1.29, 1.82) is 0 Å². The molecule has 1 aromatic heterocycles. The summed E-state index contributed by atoms with van der Waals surface area (Å²) in [5.41, 5.74) is 0.254. The number of nitrogens with one attached hydrogen (secondary N) is 1. The molecule has 0 amide bonds. The summed E-state index contributed by atoms with van der Waals surface area (Å²) < 4.78 is 28.3. The fourth-order valence-corrected chi connectivity index (χ4v) is 6.69. The van der Waals surface area contributed by atoms with E-state index in [0.717, 1.165) is 23.1 Å². The number of sulfonamides is 1. The molecule has 0 spiro atoms. The van der Waals surface area contributed by atoms with Gasteiger partial charge < -0.3 is 10.2 Å². The van der Waals surface area contributed by atoms with Gasteiger partial charge in [0.25, 0.3) is 10.0 Å². The second-order valence-electron chi connectivity index (χ2n) is 6.14. The van der Waals surface area contributed by atoms with Gasteiger partial charge in [0.05, 0.1) is 22.0 Å². The van der Waals surface area contributed by atoms with Gasteiger partial charge in [0.1, 0.15) is 14.3 Å². The predicted molar refractivity (Wildman–Crippen MR) is 118 cm³/mol. The van der Waals surface area contributed by atoms with Crippen molar-refractivity contribution in [3.05, 3.63) is 45.8 Å². The van der Waals surface area contributed by atoms with Gasteiger partial charge in [-0.25, -0.2) is 8.42 Å². The molecule has 0 bridgehead atoms. The van der Waals surface area contributed by atoms with Crippen LogP contribution in [0.3, 0.4) is 0 Å². The van der Waals surface area contributed by atoms with Crippen molar-refractivity contribution in [3.63, 3.8) is 0 Å². The molecule has 3 N–H and O–H groups in total. The van der Waals surface area contributed by atoms with Crippen LogP contribution in [-0.4, -0.2) is 29.9 Å². The Morgan fingerprint density at radius 2 is 1.90 bits per heavy atom. The molecule has 1 unspecified atom stereocenters. The minimum absolute atomic E-state index is 0.0343. The molecule has 0 aliphatic heterocycles. The quantitative estimate of drug-likeness (QED) is 0.290. The number of carboxylic acid groups (broad SMARTS) is 1. The van der Waals surface area contributed by atoms with Crippen molar-refractivity contribution in [3.8, 4) is 5.75 Å². The first-order chi connectivity index (χ1) is 13.6. The number of thioether (sulfide) groups is 1. The van der Waals surface area contributed by atoms with Crippen LogP contribution in [0.4, 0.5) is 5.69 Å². The van der Waals surface area contributed by atoms with E-state index in [-0.39, 0.29) is 36.7 Å². The number of hydrogen-bond acceptors (Lipinski definition) is 6. The van der Waals surface area contributed by atoms with E-state index >= 15 is 0 Å². The summed E-state index contributed by atoms with van der Waals surface area (Å²) in [5.74, 6) is -0.995. The normalized spacial score (nSPS) is 12.8. The molecule has 1 atom stereocenters. The van der Waals surface area contributed by atoms with Gasteiger partial charge >= 0.3 is 5.97 Å². The third kappa shape index (κ3) is 4.92. The van der Waals surface area contributed by atoms with Gasteiger partial charge in [-0.1, -0.05) is 54.4 Å². The van der Waals surface area contributed by atoms with Gasteiger partial charge in [-0.15, -0.1) is 23.1 Å². The van der Waals surface area contributed by atoms with Gasteiger partial charge in [-0.3, -0.25) is 9.52 Å². The van der Waals surface area contributed by atoms with Gasteiger partial charge in [0.15, 0.2) is 0 Å². The van der Waals surface area contributed by atoms with E-state index in [2.05, 4.69) is 4.72 Å². The largest absolute Gasteiger partial charge is 0.506 e. The molecule has 0 saturated heterocycles. The van der Waals surface area contributed by atoms with Crippen molar-refractivity contribution in [2.45, 2.75) is 27.7 Å². The van der Waals surface area contributed by atoms with Crippen LogP contribution in [0.1, 0.15) is 13.3 Å². The SMILES string of the molecule is CC(CC(=O)O)Sc1cc(NS(=O)(=O)c2cc(Cl)c(Cl)s2)c2ccccc2c1O. The molecule has 2 aromatic carbocycles. The van der Waals surface area contributed by atoms with Crippen molar-refractivity contribution in [1.82, 2.24) is 0 Å².